The third kappa shape index (κ3) is 3.85. The van der Waals surface area contributed by atoms with E-state index in [2.05, 4.69) is 0 Å². The Bertz CT molecular complexity index is 1290. The maximum absolute atomic E-state index is 12.9. The second-order valence-electron chi connectivity index (χ2n) is 6.77. The maximum Gasteiger partial charge on any atom is 0.239 e. The normalized spacial score (nSPS) is 10.8. The number of rotatable bonds is 6. The smallest absolute Gasteiger partial charge is 0.239 e. The molecule has 0 aliphatic carbocycles. The van der Waals surface area contributed by atoms with Crippen molar-refractivity contribution in [3.8, 4) is 40.1 Å². The van der Waals surface area contributed by atoms with E-state index >= 15 is 0 Å². The summed E-state index contributed by atoms with van der Waals surface area (Å²) >= 11 is 0. The molecule has 4 aromatic rings. The number of hydrogen-bond acceptors (Lipinski definition) is 7. The second-order valence-corrected chi connectivity index (χ2v) is 6.77. The van der Waals surface area contributed by atoms with Gasteiger partial charge < -0.3 is 28.8 Å². The lowest BCUT2D eigenvalue weighted by Gasteiger charge is -2.13. The van der Waals surface area contributed by atoms with E-state index in [9.17, 15) is 15.0 Å². The van der Waals surface area contributed by atoms with E-state index in [4.69, 9.17) is 18.6 Å². The van der Waals surface area contributed by atoms with Gasteiger partial charge in [-0.05, 0) is 23.8 Å². The van der Waals surface area contributed by atoms with Gasteiger partial charge in [0.15, 0.2) is 17.3 Å². The van der Waals surface area contributed by atoms with E-state index in [1.54, 1.807) is 12.1 Å². The Morgan fingerprint density at radius 3 is 2.35 bits per heavy atom. The van der Waals surface area contributed by atoms with E-state index in [1.165, 1.54) is 32.4 Å². The predicted molar refractivity (Wildman–Crippen MR) is 115 cm³/mol. The molecule has 2 N–H and O–H groups in total. The van der Waals surface area contributed by atoms with Crippen LogP contribution in [0.3, 0.4) is 0 Å². The number of phenols is 2. The summed E-state index contributed by atoms with van der Waals surface area (Å²) in [6.07, 6.45) is 0. The minimum absolute atomic E-state index is 0.0200. The van der Waals surface area contributed by atoms with Crippen molar-refractivity contribution in [2.75, 3.05) is 14.2 Å². The molecule has 158 valence electrons. The van der Waals surface area contributed by atoms with E-state index in [0.717, 1.165) is 5.56 Å². The Labute approximate surface area is 177 Å². The highest BCUT2D eigenvalue weighted by Crippen LogP contribution is 2.38. The van der Waals surface area contributed by atoms with E-state index < -0.39 is 5.43 Å². The standard InChI is InChI=1S/C24H20O7/c1-28-16-11-18(26)21-20(12-16)31-23(24(29-2)22(21)27)15-8-9-19(17(25)10-15)30-13-14-6-4-3-5-7-14/h3-12,25-26H,13H2,1-2H3. The fourth-order valence-corrected chi connectivity index (χ4v) is 3.27. The third-order valence-electron chi connectivity index (χ3n) is 4.80. The van der Waals surface area contributed by atoms with Gasteiger partial charge in [-0.3, -0.25) is 4.79 Å². The number of hydrogen-bond donors (Lipinski definition) is 2. The molecule has 0 unspecified atom stereocenters. The molecule has 7 heteroatoms. The summed E-state index contributed by atoms with van der Waals surface area (Å²) in [5.41, 5.74) is 0.953. The molecule has 0 aliphatic heterocycles. The molecule has 0 bridgehead atoms. The van der Waals surface area contributed by atoms with Crippen LogP contribution in [0.15, 0.2) is 69.9 Å². The molecule has 0 amide bonds. The molecule has 4 rings (SSSR count). The van der Waals surface area contributed by atoms with Crippen LogP contribution >= 0.6 is 0 Å². The van der Waals surface area contributed by atoms with Crippen LogP contribution in [-0.2, 0) is 6.61 Å². The van der Waals surface area contributed by atoms with E-state index in [1.807, 2.05) is 30.3 Å². The number of methoxy groups -OCH3 is 2. The molecule has 0 aliphatic rings. The van der Waals surface area contributed by atoms with Crippen molar-refractivity contribution in [2.45, 2.75) is 6.61 Å². The Kier molecular flexibility index (Phi) is 5.41. The monoisotopic (exact) mass is 420 g/mol. The first kappa shape index (κ1) is 20.2. The molecule has 0 saturated heterocycles. The summed E-state index contributed by atoms with van der Waals surface area (Å²) in [7, 11) is 2.77. The minimum Gasteiger partial charge on any atom is -0.507 e. The average Bonchev–Trinajstić information content (AvgIpc) is 2.78. The van der Waals surface area contributed by atoms with Crippen LogP contribution in [0.1, 0.15) is 5.56 Å². The van der Waals surface area contributed by atoms with Crippen molar-refractivity contribution in [3.63, 3.8) is 0 Å². The van der Waals surface area contributed by atoms with Gasteiger partial charge in [-0.25, -0.2) is 0 Å². The zero-order valence-electron chi connectivity index (χ0n) is 16.9. The highest BCUT2D eigenvalue weighted by molar-refractivity contribution is 5.88. The van der Waals surface area contributed by atoms with Crippen LogP contribution in [-0.4, -0.2) is 24.4 Å². The predicted octanol–water partition coefficient (Wildman–Crippen LogP) is 4.47. The highest BCUT2D eigenvalue weighted by Gasteiger charge is 2.21. The molecular weight excluding hydrogens is 400 g/mol. The molecule has 7 nitrogen and oxygen atoms in total. The van der Waals surface area contributed by atoms with Gasteiger partial charge in [0.2, 0.25) is 11.2 Å². The van der Waals surface area contributed by atoms with Crippen molar-refractivity contribution < 1.29 is 28.8 Å². The molecule has 1 heterocycles. The van der Waals surface area contributed by atoms with Crippen LogP contribution in [0.25, 0.3) is 22.3 Å². The SMILES string of the molecule is COc1cc(O)c2c(=O)c(OC)c(-c3ccc(OCc4ccccc4)c(O)c3)oc2c1. The van der Waals surface area contributed by atoms with Crippen LogP contribution < -0.4 is 19.6 Å². The Balaban J connectivity index is 1.75. The van der Waals surface area contributed by atoms with Gasteiger partial charge in [0.25, 0.3) is 0 Å². The summed E-state index contributed by atoms with van der Waals surface area (Å²) in [6.45, 7) is 0.293. The molecule has 3 aromatic carbocycles. The highest BCUT2D eigenvalue weighted by atomic mass is 16.5. The number of fused-ring (bicyclic) bond motifs is 1. The van der Waals surface area contributed by atoms with Crippen molar-refractivity contribution in [1.29, 1.82) is 0 Å². The minimum atomic E-state index is -0.539. The lowest BCUT2D eigenvalue weighted by atomic mass is 10.1. The summed E-state index contributed by atoms with van der Waals surface area (Å²) < 4.78 is 22.0. The van der Waals surface area contributed by atoms with Crippen molar-refractivity contribution in [1.82, 2.24) is 0 Å². The largest absolute Gasteiger partial charge is 0.507 e. The van der Waals surface area contributed by atoms with Gasteiger partial charge in [0.1, 0.15) is 29.1 Å². The molecule has 0 saturated carbocycles. The number of aromatic hydroxyl groups is 2. The molecule has 0 radical (unpaired) electrons. The topological polar surface area (TPSA) is 98.4 Å². The fraction of sp³-hybridized carbons (Fsp3) is 0.125. The fourth-order valence-electron chi connectivity index (χ4n) is 3.27. The summed E-state index contributed by atoms with van der Waals surface area (Å²) in [4.78, 5) is 12.9. The van der Waals surface area contributed by atoms with E-state index in [-0.39, 0.29) is 39.7 Å². The van der Waals surface area contributed by atoms with Crippen LogP contribution in [0.2, 0.25) is 0 Å². The van der Waals surface area contributed by atoms with Crippen LogP contribution in [0.5, 0.6) is 28.7 Å². The first-order chi connectivity index (χ1) is 15.0. The molecular formula is C24H20O7. The Morgan fingerprint density at radius 1 is 0.903 bits per heavy atom. The first-order valence-corrected chi connectivity index (χ1v) is 9.43. The molecule has 0 spiro atoms. The second kappa shape index (κ2) is 8.31. The quantitative estimate of drug-likeness (QED) is 0.475. The Morgan fingerprint density at radius 2 is 1.68 bits per heavy atom. The van der Waals surface area contributed by atoms with Crippen molar-refractivity contribution in [3.05, 3.63) is 76.5 Å². The van der Waals surface area contributed by atoms with Gasteiger partial charge >= 0.3 is 0 Å². The summed E-state index contributed by atoms with van der Waals surface area (Å²) in [5, 5.41) is 20.7. The first-order valence-electron chi connectivity index (χ1n) is 9.43. The number of phenolic OH excluding ortho intramolecular Hbond substituents is 2. The van der Waals surface area contributed by atoms with Gasteiger partial charge in [0, 0.05) is 17.7 Å². The number of ether oxygens (including phenoxy) is 3. The lowest BCUT2D eigenvalue weighted by Crippen LogP contribution is -2.08. The van der Waals surface area contributed by atoms with Crippen molar-refractivity contribution >= 4 is 11.0 Å². The maximum atomic E-state index is 12.9. The van der Waals surface area contributed by atoms with Gasteiger partial charge in [-0.15, -0.1) is 0 Å². The molecule has 1 aromatic heterocycles. The van der Waals surface area contributed by atoms with Gasteiger partial charge in [0.05, 0.1) is 14.2 Å². The zero-order valence-corrected chi connectivity index (χ0v) is 16.9. The average molecular weight is 420 g/mol. The Hall–Kier alpha value is -4.13. The molecule has 31 heavy (non-hydrogen) atoms. The van der Waals surface area contributed by atoms with E-state index in [0.29, 0.717) is 17.9 Å². The molecule has 0 fully saturated rings. The molecule has 0 atom stereocenters. The van der Waals surface area contributed by atoms with Crippen LogP contribution in [0, 0.1) is 0 Å². The van der Waals surface area contributed by atoms with Gasteiger partial charge in [-0.1, -0.05) is 30.3 Å². The lowest BCUT2D eigenvalue weighted by molar-refractivity contribution is 0.289. The summed E-state index contributed by atoms with van der Waals surface area (Å²) in [5.74, 6) is 0.237. The van der Waals surface area contributed by atoms with Crippen molar-refractivity contribution in [2.24, 2.45) is 0 Å². The summed E-state index contributed by atoms with van der Waals surface area (Å²) in [6, 6.07) is 17.0. The zero-order chi connectivity index (χ0) is 22.0. The van der Waals surface area contributed by atoms with Gasteiger partial charge in [-0.2, -0.15) is 0 Å². The number of benzene rings is 3. The van der Waals surface area contributed by atoms with Crippen LogP contribution in [0.4, 0.5) is 0 Å². The third-order valence-corrected chi connectivity index (χ3v) is 4.80.